The van der Waals surface area contributed by atoms with Gasteiger partial charge in [-0.2, -0.15) is 0 Å². The third-order valence-corrected chi connectivity index (χ3v) is 4.11. The Labute approximate surface area is 68.8 Å². The molecule has 1 N–H and O–H groups in total. The fourth-order valence-corrected chi connectivity index (χ4v) is 3.10. The molecule has 3 atom stereocenters. The lowest BCUT2D eigenvalue weighted by molar-refractivity contribution is 0.212. The first-order valence-electron chi connectivity index (χ1n) is 4.81. The molecule has 0 amide bonds. The van der Waals surface area contributed by atoms with Crippen LogP contribution in [0, 0.1) is 23.2 Å². The quantitative estimate of drug-likeness (QED) is 0.645. The second-order valence-corrected chi connectivity index (χ2v) is 4.68. The molecule has 0 aromatic rings. The van der Waals surface area contributed by atoms with Crippen LogP contribution in [0.25, 0.3) is 0 Å². The van der Waals surface area contributed by atoms with Crippen LogP contribution in [0.2, 0.25) is 0 Å². The van der Waals surface area contributed by atoms with Crippen molar-refractivity contribution < 1.29 is 5.11 Å². The van der Waals surface area contributed by atoms with Crippen LogP contribution in [0.3, 0.4) is 0 Å². The first-order valence-corrected chi connectivity index (χ1v) is 4.81. The Morgan fingerprint density at radius 1 is 1.55 bits per heavy atom. The predicted octanol–water partition coefficient (Wildman–Crippen LogP) is 2.05. The van der Waals surface area contributed by atoms with Crippen LogP contribution in [0.5, 0.6) is 0 Å². The zero-order valence-corrected chi connectivity index (χ0v) is 7.51. The normalized spacial score (nSPS) is 48.0. The van der Waals surface area contributed by atoms with Crippen molar-refractivity contribution in [3.8, 4) is 0 Å². The Morgan fingerprint density at radius 2 is 2.27 bits per heavy atom. The van der Waals surface area contributed by atoms with Crippen molar-refractivity contribution in [1.82, 2.24) is 0 Å². The van der Waals surface area contributed by atoms with Crippen molar-refractivity contribution in [3.63, 3.8) is 0 Å². The summed E-state index contributed by atoms with van der Waals surface area (Å²) < 4.78 is 0. The molecule has 2 saturated carbocycles. The van der Waals surface area contributed by atoms with Gasteiger partial charge < -0.3 is 5.11 Å². The average molecular weight is 154 g/mol. The molecule has 2 aliphatic rings. The van der Waals surface area contributed by atoms with Crippen molar-refractivity contribution in [2.75, 3.05) is 6.61 Å². The number of fused-ring (bicyclic) bond motifs is 1. The molecule has 0 aromatic heterocycles. The summed E-state index contributed by atoms with van der Waals surface area (Å²) in [5.41, 5.74) is 0.674. The van der Waals surface area contributed by atoms with Gasteiger partial charge in [-0.15, -0.1) is 0 Å². The number of hydrogen-bond acceptors (Lipinski definition) is 1. The highest BCUT2D eigenvalue weighted by Gasteiger charge is 2.62. The first-order chi connectivity index (χ1) is 5.20. The summed E-state index contributed by atoms with van der Waals surface area (Å²) in [5, 5.41) is 9.06. The van der Waals surface area contributed by atoms with Gasteiger partial charge in [0.1, 0.15) is 0 Å². The molecule has 0 radical (unpaired) electrons. The summed E-state index contributed by atoms with van der Waals surface area (Å²) in [6.45, 7) is 5.10. The molecule has 2 rings (SSSR count). The van der Waals surface area contributed by atoms with Crippen molar-refractivity contribution >= 4 is 0 Å². The SMILES string of the molecule is CC(C)C12CCC(CO)C1C2. The van der Waals surface area contributed by atoms with Crippen LogP contribution in [0.1, 0.15) is 33.1 Å². The molecule has 0 spiro atoms. The minimum absolute atomic E-state index is 0.430. The van der Waals surface area contributed by atoms with E-state index in [0.29, 0.717) is 17.9 Å². The molecule has 2 aliphatic carbocycles. The predicted molar refractivity (Wildman–Crippen MR) is 45.2 cm³/mol. The fourth-order valence-electron chi connectivity index (χ4n) is 3.10. The Kier molecular flexibility index (Phi) is 1.54. The van der Waals surface area contributed by atoms with E-state index >= 15 is 0 Å². The van der Waals surface area contributed by atoms with E-state index in [1.54, 1.807) is 0 Å². The van der Waals surface area contributed by atoms with Crippen LogP contribution in [0.15, 0.2) is 0 Å². The van der Waals surface area contributed by atoms with Crippen molar-refractivity contribution in [2.24, 2.45) is 23.2 Å². The summed E-state index contributed by atoms with van der Waals surface area (Å²) in [4.78, 5) is 0. The smallest absolute Gasteiger partial charge is 0.0462 e. The molecule has 0 aliphatic heterocycles. The van der Waals surface area contributed by atoms with E-state index < -0.39 is 0 Å². The van der Waals surface area contributed by atoms with Gasteiger partial charge in [0.25, 0.3) is 0 Å². The summed E-state index contributed by atoms with van der Waals surface area (Å²) in [6.07, 6.45) is 4.05. The number of hydrogen-bond donors (Lipinski definition) is 1. The van der Waals surface area contributed by atoms with E-state index in [1.165, 1.54) is 19.3 Å². The van der Waals surface area contributed by atoms with E-state index in [2.05, 4.69) is 13.8 Å². The van der Waals surface area contributed by atoms with Gasteiger partial charge in [-0.05, 0) is 42.4 Å². The minimum atomic E-state index is 0.430. The summed E-state index contributed by atoms with van der Waals surface area (Å²) >= 11 is 0. The standard InChI is InChI=1S/C10H18O/c1-7(2)10-4-3-8(6-11)9(10)5-10/h7-9,11H,3-6H2,1-2H3. The second-order valence-electron chi connectivity index (χ2n) is 4.68. The number of rotatable bonds is 2. The average Bonchev–Trinajstić information content (AvgIpc) is 2.61. The van der Waals surface area contributed by atoms with Crippen LogP contribution in [-0.2, 0) is 0 Å². The summed E-state index contributed by atoms with van der Waals surface area (Å²) in [6, 6.07) is 0. The lowest BCUT2D eigenvalue weighted by atomic mass is 9.90. The Morgan fingerprint density at radius 3 is 2.55 bits per heavy atom. The van der Waals surface area contributed by atoms with Gasteiger partial charge in [0.15, 0.2) is 0 Å². The van der Waals surface area contributed by atoms with Crippen LogP contribution < -0.4 is 0 Å². The maximum atomic E-state index is 9.06. The zero-order valence-electron chi connectivity index (χ0n) is 7.51. The first kappa shape index (κ1) is 7.60. The van der Waals surface area contributed by atoms with E-state index in [-0.39, 0.29) is 0 Å². The van der Waals surface area contributed by atoms with Gasteiger partial charge in [0.05, 0.1) is 0 Å². The Hall–Kier alpha value is -0.0400. The minimum Gasteiger partial charge on any atom is -0.396 e. The lowest BCUT2D eigenvalue weighted by Gasteiger charge is -2.15. The highest BCUT2D eigenvalue weighted by Crippen LogP contribution is 2.69. The summed E-state index contributed by atoms with van der Waals surface area (Å²) in [7, 11) is 0. The topological polar surface area (TPSA) is 20.2 Å². The van der Waals surface area contributed by atoms with Crippen LogP contribution in [0.4, 0.5) is 0 Å². The molecule has 64 valence electrons. The largest absolute Gasteiger partial charge is 0.396 e. The maximum absolute atomic E-state index is 9.06. The van der Waals surface area contributed by atoms with Gasteiger partial charge in [-0.1, -0.05) is 13.8 Å². The Balaban J connectivity index is 2.04. The molecule has 0 aromatic carbocycles. The Bertz CT molecular complexity index is 164. The molecule has 2 fully saturated rings. The monoisotopic (exact) mass is 154 g/mol. The molecule has 1 nitrogen and oxygen atoms in total. The van der Waals surface area contributed by atoms with E-state index in [0.717, 1.165) is 11.8 Å². The zero-order chi connectivity index (χ0) is 8.06. The second kappa shape index (κ2) is 2.22. The van der Waals surface area contributed by atoms with Crippen LogP contribution in [-0.4, -0.2) is 11.7 Å². The molecule has 0 heterocycles. The fraction of sp³-hybridized carbons (Fsp3) is 1.00. The van der Waals surface area contributed by atoms with E-state index in [4.69, 9.17) is 5.11 Å². The lowest BCUT2D eigenvalue weighted by Crippen LogP contribution is -2.08. The van der Waals surface area contributed by atoms with Crippen molar-refractivity contribution in [1.29, 1.82) is 0 Å². The molecule has 11 heavy (non-hydrogen) atoms. The summed E-state index contributed by atoms with van der Waals surface area (Å²) in [5.74, 6) is 2.37. The molecule has 3 unspecified atom stereocenters. The highest BCUT2D eigenvalue weighted by atomic mass is 16.3. The molecular weight excluding hydrogens is 136 g/mol. The number of aliphatic hydroxyl groups is 1. The van der Waals surface area contributed by atoms with Crippen LogP contribution >= 0.6 is 0 Å². The molecule has 0 saturated heterocycles. The van der Waals surface area contributed by atoms with Gasteiger partial charge in [-0.3, -0.25) is 0 Å². The third-order valence-electron chi connectivity index (χ3n) is 4.11. The molecular formula is C10H18O. The van der Waals surface area contributed by atoms with E-state index in [9.17, 15) is 0 Å². The number of aliphatic hydroxyl groups excluding tert-OH is 1. The third kappa shape index (κ3) is 0.868. The van der Waals surface area contributed by atoms with Gasteiger partial charge in [-0.25, -0.2) is 0 Å². The van der Waals surface area contributed by atoms with E-state index in [1.807, 2.05) is 0 Å². The van der Waals surface area contributed by atoms with Gasteiger partial charge in [0.2, 0.25) is 0 Å². The van der Waals surface area contributed by atoms with Crippen molar-refractivity contribution in [3.05, 3.63) is 0 Å². The highest BCUT2D eigenvalue weighted by molar-refractivity contribution is 5.11. The maximum Gasteiger partial charge on any atom is 0.0462 e. The molecule has 0 bridgehead atoms. The molecule has 1 heteroatoms. The van der Waals surface area contributed by atoms with Crippen molar-refractivity contribution in [2.45, 2.75) is 33.1 Å². The van der Waals surface area contributed by atoms with Gasteiger partial charge >= 0.3 is 0 Å². The van der Waals surface area contributed by atoms with Gasteiger partial charge in [0, 0.05) is 6.61 Å².